The summed E-state index contributed by atoms with van der Waals surface area (Å²) in [4.78, 5) is 33.4. The molecule has 0 bridgehead atoms. The molecule has 10 heteroatoms. The maximum Gasteiger partial charge on any atom is 0.261 e. The van der Waals surface area contributed by atoms with Gasteiger partial charge in [-0.25, -0.2) is 0 Å². The number of hydrogen-bond acceptors (Lipinski definition) is 7. The number of thiophene rings is 2. The standard InChI is InChI=1S/C25H25Cl2N3O3S2/c1-15(17-14-34-24(23(17)32)16-4-5-18(26)19(27)12-16)29-13-20(31)21-6-7-22(35-21)25(33)28-8-11-30-9-2-3-10-30/h4-7,12,14,32H,2-3,8-11,13H2,1H3,(H,28,33). The van der Waals surface area contributed by atoms with Gasteiger partial charge in [0.05, 0.1) is 24.7 Å². The summed E-state index contributed by atoms with van der Waals surface area (Å²) in [6, 6.07) is 8.51. The van der Waals surface area contributed by atoms with E-state index in [9.17, 15) is 14.7 Å². The van der Waals surface area contributed by atoms with Crippen LogP contribution in [0.3, 0.4) is 0 Å². The Kier molecular flexibility index (Phi) is 8.62. The third kappa shape index (κ3) is 6.32. The molecule has 1 aliphatic heterocycles. The second-order valence-corrected chi connectivity index (χ2v) is 11.0. The van der Waals surface area contributed by atoms with Gasteiger partial charge in [0.2, 0.25) is 0 Å². The van der Waals surface area contributed by atoms with Gasteiger partial charge in [-0.2, -0.15) is 0 Å². The largest absolute Gasteiger partial charge is 0.506 e. The minimum atomic E-state index is -0.176. The molecule has 0 atom stereocenters. The third-order valence-corrected chi connectivity index (χ3v) is 8.70. The van der Waals surface area contributed by atoms with Crippen LogP contribution in [0.4, 0.5) is 0 Å². The highest BCUT2D eigenvalue weighted by Crippen LogP contribution is 2.40. The minimum absolute atomic E-state index is 0.0697. The second-order valence-electron chi connectivity index (χ2n) is 8.25. The molecule has 1 saturated heterocycles. The van der Waals surface area contributed by atoms with E-state index in [0.29, 0.717) is 42.5 Å². The van der Waals surface area contributed by atoms with Gasteiger partial charge in [0.15, 0.2) is 5.78 Å². The molecule has 0 spiro atoms. The van der Waals surface area contributed by atoms with Crippen LogP contribution >= 0.6 is 45.9 Å². The van der Waals surface area contributed by atoms with Gasteiger partial charge in [0.25, 0.3) is 5.91 Å². The van der Waals surface area contributed by atoms with Crippen LogP contribution in [-0.2, 0) is 0 Å². The lowest BCUT2D eigenvalue weighted by Crippen LogP contribution is -2.33. The van der Waals surface area contributed by atoms with Gasteiger partial charge in [-0.3, -0.25) is 14.6 Å². The van der Waals surface area contributed by atoms with E-state index in [1.54, 1.807) is 42.6 Å². The number of nitrogens with zero attached hydrogens (tertiary/aromatic N) is 2. The number of rotatable bonds is 9. The number of Topliss-reactive ketones (excluding diaryl/α,β-unsaturated/α-hetero) is 1. The van der Waals surface area contributed by atoms with Crippen LogP contribution < -0.4 is 5.32 Å². The average molecular weight is 551 g/mol. The Balaban J connectivity index is 1.35. The van der Waals surface area contributed by atoms with Gasteiger partial charge in [0, 0.05) is 29.7 Å². The molecule has 3 heterocycles. The fraction of sp³-hybridized carbons (Fsp3) is 0.320. The number of halogens is 2. The molecule has 1 aromatic carbocycles. The number of hydrogen-bond donors (Lipinski definition) is 2. The fourth-order valence-corrected chi connectivity index (χ4v) is 5.99. The van der Waals surface area contributed by atoms with E-state index in [-0.39, 0.29) is 24.0 Å². The highest BCUT2D eigenvalue weighted by atomic mass is 35.5. The van der Waals surface area contributed by atoms with Gasteiger partial charge < -0.3 is 15.3 Å². The molecule has 4 rings (SSSR count). The Morgan fingerprint density at radius 3 is 2.60 bits per heavy atom. The minimum Gasteiger partial charge on any atom is -0.506 e. The van der Waals surface area contributed by atoms with Crippen molar-refractivity contribution in [3.8, 4) is 16.2 Å². The van der Waals surface area contributed by atoms with Crippen LogP contribution in [0.5, 0.6) is 5.75 Å². The first-order valence-electron chi connectivity index (χ1n) is 11.2. The Labute approximate surface area is 222 Å². The normalized spacial score (nSPS) is 14.4. The van der Waals surface area contributed by atoms with Crippen molar-refractivity contribution in [3.05, 3.63) is 61.1 Å². The Hall–Kier alpha value is -2.23. The molecular formula is C25H25Cl2N3O3S2. The number of amides is 1. The van der Waals surface area contributed by atoms with Crippen LogP contribution in [0.15, 0.2) is 40.7 Å². The summed E-state index contributed by atoms with van der Waals surface area (Å²) < 4.78 is 0. The van der Waals surface area contributed by atoms with Crippen LogP contribution in [0.25, 0.3) is 10.4 Å². The number of benzene rings is 1. The monoisotopic (exact) mass is 549 g/mol. The number of nitrogens with one attached hydrogen (secondary N) is 1. The molecule has 1 amide bonds. The molecule has 1 fully saturated rings. The summed E-state index contributed by atoms with van der Waals surface area (Å²) in [7, 11) is 0. The molecule has 184 valence electrons. The van der Waals surface area contributed by atoms with Crippen LogP contribution in [-0.4, -0.2) is 60.1 Å². The van der Waals surface area contributed by atoms with E-state index in [4.69, 9.17) is 23.2 Å². The zero-order valence-electron chi connectivity index (χ0n) is 19.1. The van der Waals surface area contributed by atoms with Crippen molar-refractivity contribution in [1.82, 2.24) is 10.2 Å². The molecule has 1 aliphatic rings. The lowest BCUT2D eigenvalue weighted by molar-refractivity contribution is 0.0953. The van der Waals surface area contributed by atoms with Gasteiger partial charge in [0.1, 0.15) is 12.3 Å². The van der Waals surface area contributed by atoms with Crippen LogP contribution in [0.2, 0.25) is 10.0 Å². The summed E-state index contributed by atoms with van der Waals surface area (Å²) in [5, 5.41) is 16.3. The van der Waals surface area contributed by atoms with Crippen molar-refractivity contribution >= 4 is 63.3 Å². The van der Waals surface area contributed by atoms with Crippen molar-refractivity contribution in [3.63, 3.8) is 0 Å². The van der Waals surface area contributed by atoms with Crippen LogP contribution in [0, 0.1) is 0 Å². The van der Waals surface area contributed by atoms with Crippen molar-refractivity contribution in [1.29, 1.82) is 0 Å². The average Bonchev–Trinajstić information content (AvgIpc) is 3.60. The first-order chi connectivity index (χ1) is 16.8. The van der Waals surface area contributed by atoms with Gasteiger partial charge in [-0.1, -0.05) is 29.3 Å². The predicted molar refractivity (Wildman–Crippen MR) is 145 cm³/mol. The topological polar surface area (TPSA) is 82.0 Å². The highest BCUT2D eigenvalue weighted by Gasteiger charge is 2.18. The Bertz CT molecular complexity index is 1260. The SMILES string of the molecule is CC(=NCC(=O)c1ccc(C(=O)NCCN2CCCC2)s1)c1csc(-c2ccc(Cl)c(Cl)c2)c1O. The van der Waals surface area contributed by atoms with Crippen molar-refractivity contribution in [2.45, 2.75) is 19.8 Å². The lowest BCUT2D eigenvalue weighted by atomic mass is 10.1. The Morgan fingerprint density at radius 1 is 1.11 bits per heavy atom. The summed E-state index contributed by atoms with van der Waals surface area (Å²) in [6.45, 7) is 5.30. The molecule has 0 unspecified atom stereocenters. The molecule has 35 heavy (non-hydrogen) atoms. The molecule has 0 saturated carbocycles. The smallest absolute Gasteiger partial charge is 0.261 e. The number of carbonyl (C=O) groups is 2. The number of aromatic hydroxyl groups is 1. The van der Waals surface area contributed by atoms with Crippen molar-refractivity contribution < 1.29 is 14.7 Å². The van der Waals surface area contributed by atoms with E-state index >= 15 is 0 Å². The second kappa shape index (κ2) is 11.7. The quantitative estimate of drug-likeness (QED) is 0.253. The molecular weight excluding hydrogens is 525 g/mol. The molecule has 0 aliphatic carbocycles. The van der Waals surface area contributed by atoms with Gasteiger partial charge >= 0.3 is 0 Å². The molecule has 2 aromatic heterocycles. The summed E-state index contributed by atoms with van der Waals surface area (Å²) >= 11 is 14.6. The Morgan fingerprint density at radius 2 is 1.86 bits per heavy atom. The summed E-state index contributed by atoms with van der Waals surface area (Å²) in [6.07, 6.45) is 2.44. The van der Waals surface area contributed by atoms with Gasteiger partial charge in [-0.05, 0) is 62.7 Å². The molecule has 2 N–H and O–H groups in total. The van der Waals surface area contributed by atoms with Gasteiger partial charge in [-0.15, -0.1) is 22.7 Å². The number of aliphatic imine (C=N–C) groups is 1. The molecule has 3 aromatic rings. The van der Waals surface area contributed by atoms with Crippen molar-refractivity contribution in [2.75, 3.05) is 32.7 Å². The number of ketones is 1. The summed E-state index contributed by atoms with van der Waals surface area (Å²) in [5.74, 6) is -0.248. The van der Waals surface area contributed by atoms with E-state index < -0.39 is 0 Å². The summed E-state index contributed by atoms with van der Waals surface area (Å²) in [5.41, 5.74) is 1.87. The maximum atomic E-state index is 12.7. The zero-order valence-corrected chi connectivity index (χ0v) is 22.3. The fourth-order valence-electron chi connectivity index (χ4n) is 3.83. The molecule has 6 nitrogen and oxygen atoms in total. The number of likely N-dealkylation sites (tertiary alicyclic amines) is 1. The van der Waals surface area contributed by atoms with E-state index in [1.807, 2.05) is 0 Å². The van der Waals surface area contributed by atoms with E-state index in [1.165, 1.54) is 35.5 Å². The van der Waals surface area contributed by atoms with Crippen molar-refractivity contribution in [2.24, 2.45) is 4.99 Å². The highest BCUT2D eigenvalue weighted by molar-refractivity contribution is 7.16. The van der Waals surface area contributed by atoms with E-state index in [2.05, 4.69) is 15.2 Å². The zero-order chi connectivity index (χ0) is 24.9. The van der Waals surface area contributed by atoms with E-state index in [0.717, 1.165) is 25.2 Å². The number of carbonyl (C=O) groups excluding carboxylic acids is 2. The first kappa shape index (κ1) is 25.9. The first-order valence-corrected chi connectivity index (χ1v) is 13.7. The maximum absolute atomic E-state index is 12.7. The molecule has 0 radical (unpaired) electrons. The predicted octanol–water partition coefficient (Wildman–Crippen LogP) is 6.01. The lowest BCUT2D eigenvalue weighted by Gasteiger charge is -2.14. The van der Waals surface area contributed by atoms with Crippen LogP contribution in [0.1, 0.15) is 44.7 Å². The third-order valence-electron chi connectivity index (χ3n) is 5.81.